The third-order valence-electron chi connectivity index (χ3n) is 9.58. The number of aromatic nitrogens is 6. The molecule has 0 saturated heterocycles. The number of anilines is 2. The molecule has 0 aliphatic carbocycles. The third kappa shape index (κ3) is 12.9. The molecule has 0 unspecified atom stereocenters. The maximum Gasteiger partial charge on any atom is 0.295 e. The number of hydrogen-bond acceptors (Lipinski definition) is 16. The zero-order chi connectivity index (χ0) is 47.4. The van der Waals surface area contributed by atoms with Gasteiger partial charge in [-0.2, -0.15) is 26.8 Å². The van der Waals surface area contributed by atoms with Gasteiger partial charge in [-0.15, -0.1) is 0 Å². The number of hydrogen-bond donors (Lipinski definition) is 10. The van der Waals surface area contributed by atoms with E-state index in [1.807, 2.05) is 38.1 Å². The quantitative estimate of drug-likeness (QED) is 0.0432. The first-order valence-electron chi connectivity index (χ1n) is 20.1. The van der Waals surface area contributed by atoms with Gasteiger partial charge in [0, 0.05) is 26.2 Å². The minimum Gasteiger partial charge on any atom is -0.395 e. The third-order valence-corrected chi connectivity index (χ3v) is 11.4. The summed E-state index contributed by atoms with van der Waals surface area (Å²) < 4.78 is 71.7. The Hall–Kier alpha value is -6.90. The highest BCUT2D eigenvalue weighted by molar-refractivity contribution is 7.86. The van der Waals surface area contributed by atoms with Crippen molar-refractivity contribution in [2.45, 2.75) is 23.6 Å². The van der Waals surface area contributed by atoms with Gasteiger partial charge in [0.1, 0.15) is 9.79 Å². The highest BCUT2D eigenvalue weighted by Crippen LogP contribution is 2.28. The molecular weight excluding hydrogens is 897 g/mol. The molecule has 0 radical (unpaired) electrons. The smallest absolute Gasteiger partial charge is 0.295 e. The maximum absolute atomic E-state index is 12.8. The summed E-state index contributed by atoms with van der Waals surface area (Å²) >= 11 is 0. The van der Waals surface area contributed by atoms with Crippen molar-refractivity contribution in [3.63, 3.8) is 0 Å². The van der Waals surface area contributed by atoms with E-state index in [2.05, 4.69) is 49.9 Å². The number of aromatic amines is 4. The Balaban J connectivity index is 1.42. The van der Waals surface area contributed by atoms with Crippen molar-refractivity contribution in [1.82, 2.24) is 29.9 Å². The van der Waals surface area contributed by atoms with Gasteiger partial charge >= 0.3 is 0 Å². The Morgan fingerprint density at radius 2 is 0.894 bits per heavy atom. The Morgan fingerprint density at radius 1 is 0.530 bits per heavy atom. The molecule has 2 heterocycles. The lowest BCUT2D eigenvalue weighted by Gasteiger charge is -2.20. The van der Waals surface area contributed by atoms with E-state index in [4.69, 9.17) is 0 Å². The molecule has 24 heteroatoms. The van der Waals surface area contributed by atoms with Crippen LogP contribution in [0.4, 0.5) is 34.6 Å². The largest absolute Gasteiger partial charge is 0.395 e. The normalized spacial score (nSPS) is 13.3. The van der Waals surface area contributed by atoms with Crippen LogP contribution in [0.25, 0.3) is 12.2 Å². The Labute approximate surface area is 377 Å². The van der Waals surface area contributed by atoms with Crippen LogP contribution in [-0.4, -0.2) is 129 Å². The van der Waals surface area contributed by atoms with Crippen LogP contribution in [0.3, 0.4) is 0 Å². The fourth-order valence-corrected chi connectivity index (χ4v) is 7.80. The van der Waals surface area contributed by atoms with E-state index >= 15 is 0 Å². The monoisotopic (exact) mass is 944 g/mol. The summed E-state index contributed by atoms with van der Waals surface area (Å²) in [5.41, 5.74) is 3.03. The van der Waals surface area contributed by atoms with Gasteiger partial charge in [-0.05, 0) is 72.5 Å². The number of para-hydroxylation sites is 2. The van der Waals surface area contributed by atoms with Crippen LogP contribution < -0.4 is 32.3 Å². The number of nitrogens with one attached hydrogen (secondary N) is 4. The molecule has 0 amide bonds. The fourth-order valence-electron chi connectivity index (χ4n) is 6.40. The second-order valence-corrected chi connectivity index (χ2v) is 17.1. The van der Waals surface area contributed by atoms with Crippen molar-refractivity contribution in [2.75, 3.05) is 62.4 Å². The second kappa shape index (κ2) is 21.9. The number of nitrogens with zero attached hydrogens (tertiary/aromatic N) is 8. The average Bonchev–Trinajstić information content (AvgIpc) is 3.27. The number of benzene rings is 4. The van der Waals surface area contributed by atoms with Gasteiger partial charge in [0.2, 0.25) is 34.4 Å². The number of H-pyrrole nitrogens is 4. The van der Waals surface area contributed by atoms with E-state index in [1.165, 1.54) is 36.4 Å². The molecule has 0 bridgehead atoms. The number of aryl methyl sites for hydroxylation is 2. The SMILES string of the molecule is Cc1ccccc1N=c1[nH]c(N(CCO)CCO)nc(=Nc2ccc(/C=C/c3ccc(N=c4nc(N(CCO)CCO)[nH]c(=Nc5ccccc5C)[nH]4)cc3S(=O)(=O)O)c(S(=O)(=O)O)c2)[nH]1. The van der Waals surface area contributed by atoms with Gasteiger partial charge in [0.25, 0.3) is 20.2 Å². The van der Waals surface area contributed by atoms with Crippen LogP contribution >= 0.6 is 0 Å². The molecule has 0 aliphatic heterocycles. The first-order valence-corrected chi connectivity index (χ1v) is 23.0. The zero-order valence-corrected chi connectivity index (χ0v) is 37.2. The van der Waals surface area contributed by atoms with Crippen molar-refractivity contribution in [3.05, 3.63) is 130 Å². The standard InChI is InChI=1S/C42H48N12O10S2/c1-27-7-3-5-9-33(27)45-39-47-37(49-41(51-39)53(17-21-55)18-22-56)43-31-15-13-29(35(25-31)65(59,60)61)11-12-30-14-16-32(26-36(30)66(62,63)64)44-38-48-40(46-34-10-6-4-8-28(34)2)52-42(50-38)54(19-23-57)20-24-58/h3-16,25-26,55-58H,17-24H2,1-2H3,(H,59,60,61)(H,62,63,64)(H2,43,45,47,49,51)(H2,44,46,48,50,52)/b12-11+. The molecule has 6 aromatic rings. The molecule has 2 aromatic heterocycles. The van der Waals surface area contributed by atoms with Gasteiger partial charge in [0.15, 0.2) is 0 Å². The topological polar surface area (TPSA) is 335 Å². The van der Waals surface area contributed by atoms with E-state index in [1.54, 1.807) is 34.1 Å². The fraction of sp³-hybridized carbons (Fsp3) is 0.238. The molecule has 66 heavy (non-hydrogen) atoms. The van der Waals surface area contributed by atoms with E-state index in [0.717, 1.165) is 23.3 Å². The molecule has 0 aliphatic rings. The van der Waals surface area contributed by atoms with E-state index < -0.39 is 30.0 Å². The van der Waals surface area contributed by atoms with Gasteiger partial charge in [0.05, 0.1) is 49.2 Å². The van der Waals surface area contributed by atoms with Crippen molar-refractivity contribution in [1.29, 1.82) is 0 Å². The van der Waals surface area contributed by atoms with Crippen molar-refractivity contribution >= 4 is 67.0 Å². The molecular formula is C42H48N12O10S2. The minimum absolute atomic E-state index is 0.0146. The summed E-state index contributed by atoms with van der Waals surface area (Å²) in [4.78, 5) is 40.9. The van der Waals surface area contributed by atoms with Crippen LogP contribution in [-0.2, 0) is 20.2 Å². The van der Waals surface area contributed by atoms with Crippen LogP contribution in [0.15, 0.2) is 115 Å². The molecule has 0 atom stereocenters. The van der Waals surface area contributed by atoms with E-state index in [9.17, 15) is 46.4 Å². The molecule has 4 aromatic carbocycles. The van der Waals surface area contributed by atoms with Crippen LogP contribution in [0.1, 0.15) is 22.3 Å². The lowest BCUT2D eigenvalue weighted by molar-refractivity contribution is 0.279. The predicted molar refractivity (Wildman–Crippen MR) is 243 cm³/mol. The summed E-state index contributed by atoms with van der Waals surface area (Å²) in [6.45, 7) is 3.03. The first kappa shape index (κ1) is 48.6. The maximum atomic E-state index is 12.8. The summed E-state index contributed by atoms with van der Waals surface area (Å²) in [6.07, 6.45) is 2.44. The summed E-state index contributed by atoms with van der Waals surface area (Å²) in [5.74, 6) is 0.349. The summed E-state index contributed by atoms with van der Waals surface area (Å²) in [5, 5.41) is 38.7. The van der Waals surface area contributed by atoms with Crippen LogP contribution in [0.2, 0.25) is 0 Å². The number of aliphatic hydroxyl groups is 4. The molecule has 0 saturated carbocycles. The van der Waals surface area contributed by atoms with Gasteiger partial charge < -0.3 is 30.2 Å². The molecule has 348 valence electrons. The van der Waals surface area contributed by atoms with Crippen molar-refractivity contribution in [2.24, 2.45) is 20.0 Å². The van der Waals surface area contributed by atoms with Crippen molar-refractivity contribution in [3.8, 4) is 0 Å². The molecule has 0 fully saturated rings. The first-order chi connectivity index (χ1) is 31.6. The highest BCUT2D eigenvalue weighted by atomic mass is 32.2. The second-order valence-electron chi connectivity index (χ2n) is 14.3. The lowest BCUT2D eigenvalue weighted by atomic mass is 10.1. The summed E-state index contributed by atoms with van der Waals surface area (Å²) in [7, 11) is -9.86. The zero-order valence-electron chi connectivity index (χ0n) is 35.6. The molecule has 0 spiro atoms. The van der Waals surface area contributed by atoms with E-state index in [-0.39, 0.29) is 109 Å². The molecule has 6 rings (SSSR count). The Bertz CT molecular complexity index is 3010. The molecule has 10 N–H and O–H groups in total. The van der Waals surface area contributed by atoms with Gasteiger partial charge in [-0.1, -0.05) is 60.7 Å². The van der Waals surface area contributed by atoms with Crippen molar-refractivity contribution < 1.29 is 46.4 Å². The van der Waals surface area contributed by atoms with Crippen LogP contribution in [0, 0.1) is 13.8 Å². The highest BCUT2D eigenvalue weighted by Gasteiger charge is 2.18. The Morgan fingerprint density at radius 3 is 1.23 bits per heavy atom. The minimum atomic E-state index is -4.93. The molecule has 22 nitrogen and oxygen atoms in total. The van der Waals surface area contributed by atoms with Gasteiger partial charge in [-0.3, -0.25) is 29.0 Å². The van der Waals surface area contributed by atoms with E-state index in [0.29, 0.717) is 11.4 Å². The predicted octanol–water partition coefficient (Wildman–Crippen LogP) is 1.58. The van der Waals surface area contributed by atoms with Crippen LogP contribution in [0.5, 0.6) is 0 Å². The number of aliphatic hydroxyl groups excluding tert-OH is 4. The number of rotatable bonds is 18. The Kier molecular flexibility index (Phi) is 16.1. The lowest BCUT2D eigenvalue weighted by Crippen LogP contribution is -2.37. The summed E-state index contributed by atoms with van der Waals surface area (Å²) in [6, 6.07) is 22.2. The van der Waals surface area contributed by atoms with Gasteiger partial charge in [-0.25, -0.2) is 20.0 Å². The average molecular weight is 945 g/mol.